The van der Waals surface area contributed by atoms with Crippen LogP contribution in [-0.2, 0) is 6.42 Å². The number of aryl methyl sites for hydroxylation is 1. The van der Waals surface area contributed by atoms with Crippen molar-refractivity contribution in [3.63, 3.8) is 0 Å². The lowest BCUT2D eigenvalue weighted by Crippen LogP contribution is -2.12. The summed E-state index contributed by atoms with van der Waals surface area (Å²) >= 11 is 1.36. The Labute approximate surface area is 113 Å². The van der Waals surface area contributed by atoms with Crippen LogP contribution in [0.2, 0.25) is 0 Å². The van der Waals surface area contributed by atoms with Crippen molar-refractivity contribution >= 4 is 28.9 Å². The number of anilines is 1. The zero-order valence-corrected chi connectivity index (χ0v) is 11.0. The molecule has 2 rings (SSSR count). The van der Waals surface area contributed by atoms with Gasteiger partial charge in [0.25, 0.3) is 5.91 Å². The molecule has 0 atom stereocenters. The molecule has 0 aromatic carbocycles. The minimum absolute atomic E-state index is 0.0414. The van der Waals surface area contributed by atoms with Crippen molar-refractivity contribution in [3.05, 3.63) is 45.9 Å². The van der Waals surface area contributed by atoms with E-state index in [2.05, 4.69) is 10.3 Å². The Bertz CT molecular complexity index is 622. The third-order valence-electron chi connectivity index (χ3n) is 2.58. The molecular formula is C13H12N2O3S. The highest BCUT2D eigenvalue weighted by Gasteiger charge is 2.13. The Balaban J connectivity index is 2.19. The summed E-state index contributed by atoms with van der Waals surface area (Å²) in [7, 11) is 0. The molecule has 0 saturated carbocycles. The fourth-order valence-corrected chi connectivity index (χ4v) is 2.52. The van der Waals surface area contributed by atoms with Crippen LogP contribution in [0.1, 0.15) is 32.5 Å². The molecule has 0 saturated heterocycles. The van der Waals surface area contributed by atoms with E-state index in [4.69, 9.17) is 5.11 Å². The fourth-order valence-electron chi connectivity index (χ4n) is 1.63. The van der Waals surface area contributed by atoms with Gasteiger partial charge in [0.2, 0.25) is 0 Å². The summed E-state index contributed by atoms with van der Waals surface area (Å²) < 4.78 is 0. The third kappa shape index (κ3) is 2.97. The van der Waals surface area contributed by atoms with Gasteiger partial charge in [0.1, 0.15) is 0 Å². The minimum Gasteiger partial charge on any atom is -0.478 e. The highest BCUT2D eigenvalue weighted by Crippen LogP contribution is 2.19. The van der Waals surface area contributed by atoms with E-state index >= 15 is 0 Å². The molecule has 2 aromatic rings. The molecule has 0 spiro atoms. The number of hydrogen-bond donors (Lipinski definition) is 2. The van der Waals surface area contributed by atoms with Crippen LogP contribution < -0.4 is 5.32 Å². The lowest BCUT2D eigenvalue weighted by Gasteiger charge is -2.05. The standard InChI is InChI=1S/C13H12N2O3S/c1-2-8-3-4-19-11(8)12(16)15-10-5-9(13(17)18)6-14-7-10/h3-7H,2H2,1H3,(H,15,16)(H,17,18). The predicted octanol–water partition coefficient (Wildman–Crippen LogP) is 2.66. The van der Waals surface area contributed by atoms with E-state index < -0.39 is 5.97 Å². The first-order valence-electron chi connectivity index (χ1n) is 5.68. The van der Waals surface area contributed by atoms with Crippen LogP contribution in [0.25, 0.3) is 0 Å². The van der Waals surface area contributed by atoms with Gasteiger partial charge in [-0.15, -0.1) is 11.3 Å². The molecule has 0 fully saturated rings. The molecule has 0 unspecified atom stereocenters. The van der Waals surface area contributed by atoms with Crippen LogP contribution in [0.4, 0.5) is 5.69 Å². The van der Waals surface area contributed by atoms with E-state index in [1.807, 2.05) is 18.4 Å². The number of carbonyl (C=O) groups excluding carboxylic acids is 1. The van der Waals surface area contributed by atoms with Gasteiger partial charge in [-0.05, 0) is 29.5 Å². The van der Waals surface area contributed by atoms with E-state index in [0.717, 1.165) is 12.0 Å². The smallest absolute Gasteiger partial charge is 0.337 e. The van der Waals surface area contributed by atoms with E-state index in [0.29, 0.717) is 10.6 Å². The predicted molar refractivity (Wildman–Crippen MR) is 72.8 cm³/mol. The normalized spacial score (nSPS) is 10.2. The molecule has 0 aliphatic rings. The number of carbonyl (C=O) groups is 2. The van der Waals surface area contributed by atoms with Crippen LogP contribution in [0, 0.1) is 0 Å². The summed E-state index contributed by atoms with van der Waals surface area (Å²) in [6, 6.07) is 3.29. The van der Waals surface area contributed by atoms with Crippen molar-refractivity contribution in [1.29, 1.82) is 0 Å². The molecule has 0 aliphatic carbocycles. The molecule has 5 nitrogen and oxygen atoms in total. The highest BCUT2D eigenvalue weighted by atomic mass is 32.1. The Morgan fingerprint density at radius 3 is 2.89 bits per heavy atom. The summed E-state index contributed by atoms with van der Waals surface area (Å²) in [5, 5.41) is 13.4. The molecule has 2 heterocycles. The number of carboxylic acid groups (broad SMARTS) is 1. The summed E-state index contributed by atoms with van der Waals surface area (Å²) in [6.45, 7) is 1.98. The quantitative estimate of drug-likeness (QED) is 0.899. The molecule has 6 heteroatoms. The number of rotatable bonds is 4. The van der Waals surface area contributed by atoms with Crippen molar-refractivity contribution in [2.45, 2.75) is 13.3 Å². The van der Waals surface area contributed by atoms with E-state index in [1.54, 1.807) is 0 Å². The molecule has 0 radical (unpaired) electrons. The van der Waals surface area contributed by atoms with Crippen LogP contribution in [0.3, 0.4) is 0 Å². The van der Waals surface area contributed by atoms with Crippen molar-refractivity contribution < 1.29 is 14.7 Å². The molecule has 2 aromatic heterocycles. The average molecular weight is 276 g/mol. The molecule has 19 heavy (non-hydrogen) atoms. The van der Waals surface area contributed by atoms with Gasteiger partial charge in [0.05, 0.1) is 22.3 Å². The van der Waals surface area contributed by atoms with Gasteiger partial charge in [0, 0.05) is 6.20 Å². The second kappa shape index (κ2) is 5.62. The third-order valence-corrected chi connectivity index (χ3v) is 3.53. The Kier molecular flexibility index (Phi) is 3.91. The molecule has 98 valence electrons. The number of aromatic nitrogens is 1. The number of aromatic carboxylic acids is 1. The van der Waals surface area contributed by atoms with Crippen molar-refractivity contribution in [2.24, 2.45) is 0 Å². The van der Waals surface area contributed by atoms with Gasteiger partial charge in [-0.3, -0.25) is 9.78 Å². The summed E-state index contributed by atoms with van der Waals surface area (Å²) in [5.74, 6) is -1.31. The number of nitrogens with zero attached hydrogens (tertiary/aromatic N) is 1. The van der Waals surface area contributed by atoms with Crippen LogP contribution >= 0.6 is 11.3 Å². The van der Waals surface area contributed by atoms with Crippen molar-refractivity contribution in [3.8, 4) is 0 Å². The Morgan fingerprint density at radius 1 is 1.42 bits per heavy atom. The van der Waals surface area contributed by atoms with Crippen LogP contribution in [-0.4, -0.2) is 22.0 Å². The lowest BCUT2D eigenvalue weighted by atomic mass is 10.2. The van der Waals surface area contributed by atoms with E-state index in [9.17, 15) is 9.59 Å². The molecule has 2 N–H and O–H groups in total. The first-order chi connectivity index (χ1) is 9.11. The SMILES string of the molecule is CCc1ccsc1C(=O)Nc1cncc(C(=O)O)c1. The fraction of sp³-hybridized carbons (Fsp3) is 0.154. The van der Waals surface area contributed by atoms with E-state index in [1.165, 1.54) is 29.8 Å². The highest BCUT2D eigenvalue weighted by molar-refractivity contribution is 7.12. The Hall–Kier alpha value is -2.21. The monoisotopic (exact) mass is 276 g/mol. The van der Waals surface area contributed by atoms with Gasteiger partial charge >= 0.3 is 5.97 Å². The topological polar surface area (TPSA) is 79.3 Å². The summed E-state index contributed by atoms with van der Waals surface area (Å²) in [6.07, 6.45) is 3.43. The second-order valence-electron chi connectivity index (χ2n) is 3.85. The molecular weight excluding hydrogens is 264 g/mol. The van der Waals surface area contributed by atoms with Crippen molar-refractivity contribution in [2.75, 3.05) is 5.32 Å². The second-order valence-corrected chi connectivity index (χ2v) is 4.77. The van der Waals surface area contributed by atoms with Crippen LogP contribution in [0.15, 0.2) is 29.9 Å². The van der Waals surface area contributed by atoms with Gasteiger partial charge in [-0.1, -0.05) is 6.92 Å². The maximum absolute atomic E-state index is 12.1. The first-order valence-corrected chi connectivity index (χ1v) is 6.56. The number of amides is 1. The number of hydrogen-bond acceptors (Lipinski definition) is 4. The number of carboxylic acids is 1. The van der Waals surface area contributed by atoms with Crippen molar-refractivity contribution in [1.82, 2.24) is 4.98 Å². The van der Waals surface area contributed by atoms with Gasteiger partial charge in [0.15, 0.2) is 0 Å². The molecule has 0 bridgehead atoms. The lowest BCUT2D eigenvalue weighted by molar-refractivity contribution is 0.0696. The maximum Gasteiger partial charge on any atom is 0.337 e. The van der Waals surface area contributed by atoms with Gasteiger partial charge in [-0.2, -0.15) is 0 Å². The molecule has 1 amide bonds. The van der Waals surface area contributed by atoms with E-state index in [-0.39, 0.29) is 11.5 Å². The largest absolute Gasteiger partial charge is 0.478 e. The minimum atomic E-state index is -1.08. The van der Waals surface area contributed by atoms with Gasteiger partial charge < -0.3 is 10.4 Å². The van der Waals surface area contributed by atoms with Crippen LogP contribution in [0.5, 0.6) is 0 Å². The zero-order chi connectivity index (χ0) is 13.8. The summed E-state index contributed by atoms with van der Waals surface area (Å²) in [4.78, 5) is 27.3. The summed E-state index contributed by atoms with van der Waals surface area (Å²) in [5.41, 5.74) is 1.39. The Morgan fingerprint density at radius 2 is 2.21 bits per heavy atom. The number of thiophene rings is 1. The number of nitrogens with one attached hydrogen (secondary N) is 1. The average Bonchev–Trinajstić information content (AvgIpc) is 2.87. The first kappa shape index (κ1) is 13.2. The zero-order valence-electron chi connectivity index (χ0n) is 10.2. The van der Waals surface area contributed by atoms with Gasteiger partial charge in [-0.25, -0.2) is 4.79 Å². The number of pyridine rings is 1. The molecule has 0 aliphatic heterocycles. The maximum atomic E-state index is 12.1.